The maximum Gasteiger partial charge on any atom is 0.263 e. The molecule has 118 valence electrons. The zero-order valence-electron chi connectivity index (χ0n) is 13.4. The molecule has 1 aliphatic heterocycles. The Kier molecular flexibility index (Phi) is 4.15. The number of hydrogen-bond donors (Lipinski definition) is 1. The fourth-order valence-electron chi connectivity index (χ4n) is 2.72. The van der Waals surface area contributed by atoms with Gasteiger partial charge < -0.3 is 5.32 Å². The lowest BCUT2D eigenvalue weighted by atomic mass is 9.99. The van der Waals surface area contributed by atoms with Gasteiger partial charge in [-0.15, -0.1) is 0 Å². The van der Waals surface area contributed by atoms with Crippen molar-refractivity contribution < 1.29 is 9.59 Å². The van der Waals surface area contributed by atoms with Gasteiger partial charge in [0.25, 0.3) is 11.8 Å². The summed E-state index contributed by atoms with van der Waals surface area (Å²) in [4.78, 5) is 25.8. The molecule has 0 radical (unpaired) electrons. The van der Waals surface area contributed by atoms with Crippen molar-refractivity contribution in [2.45, 2.75) is 26.2 Å². The van der Waals surface area contributed by atoms with E-state index in [0.717, 1.165) is 12.1 Å². The van der Waals surface area contributed by atoms with Gasteiger partial charge in [0.2, 0.25) is 0 Å². The molecule has 1 N–H and O–H groups in total. The Morgan fingerprint density at radius 2 is 1.52 bits per heavy atom. The summed E-state index contributed by atoms with van der Waals surface area (Å²) in [5, 5.41) is 3.15. The molecule has 4 heteroatoms. The summed E-state index contributed by atoms with van der Waals surface area (Å²) in [7, 11) is 0. The van der Waals surface area contributed by atoms with Crippen LogP contribution < -0.4 is 5.32 Å². The molecule has 3 rings (SSSR count). The highest BCUT2D eigenvalue weighted by atomic mass is 16.2. The van der Waals surface area contributed by atoms with Gasteiger partial charge in [0, 0.05) is 5.69 Å². The number of nitrogens with zero attached hydrogens (tertiary/aromatic N) is 1. The molecule has 0 saturated heterocycles. The molecule has 23 heavy (non-hydrogen) atoms. The van der Waals surface area contributed by atoms with E-state index >= 15 is 0 Å². The molecule has 1 aliphatic rings. The number of anilines is 1. The van der Waals surface area contributed by atoms with Crippen molar-refractivity contribution in [2.75, 3.05) is 12.0 Å². The lowest BCUT2D eigenvalue weighted by Crippen LogP contribution is -2.34. The van der Waals surface area contributed by atoms with E-state index < -0.39 is 0 Å². The van der Waals surface area contributed by atoms with E-state index in [-0.39, 0.29) is 18.5 Å². The molecule has 0 spiro atoms. The fourth-order valence-corrected chi connectivity index (χ4v) is 2.72. The standard InChI is InChI=1S/C19H20N2O2/c1-3-13(2)14-8-10-15(11-9-14)20-12-21-18(22)16-6-4-5-7-17(16)19(21)23/h4-11,13,20H,3,12H2,1-2H3/t13-/m1/s1. The fraction of sp³-hybridized carbons (Fsp3) is 0.263. The quantitative estimate of drug-likeness (QED) is 0.853. The summed E-state index contributed by atoms with van der Waals surface area (Å²) in [6, 6.07) is 15.1. The summed E-state index contributed by atoms with van der Waals surface area (Å²) >= 11 is 0. The number of nitrogens with one attached hydrogen (secondary N) is 1. The molecule has 0 saturated carbocycles. The van der Waals surface area contributed by atoms with E-state index in [4.69, 9.17) is 0 Å². The summed E-state index contributed by atoms with van der Waals surface area (Å²) in [5.74, 6) is 0.0453. The Morgan fingerprint density at radius 3 is 2.04 bits per heavy atom. The second kappa shape index (κ2) is 6.24. The third kappa shape index (κ3) is 2.84. The van der Waals surface area contributed by atoms with Crippen molar-refractivity contribution in [3.63, 3.8) is 0 Å². The molecule has 0 aromatic heterocycles. The average Bonchev–Trinajstić information content (AvgIpc) is 2.84. The van der Waals surface area contributed by atoms with Crippen molar-refractivity contribution in [1.82, 2.24) is 4.90 Å². The molecule has 2 aromatic carbocycles. The van der Waals surface area contributed by atoms with Crippen LogP contribution in [0.15, 0.2) is 48.5 Å². The summed E-state index contributed by atoms with van der Waals surface area (Å²) in [6.07, 6.45) is 1.10. The van der Waals surface area contributed by atoms with Crippen LogP contribution in [0.3, 0.4) is 0 Å². The highest BCUT2D eigenvalue weighted by Gasteiger charge is 2.34. The van der Waals surface area contributed by atoms with Crippen molar-refractivity contribution in [3.8, 4) is 0 Å². The zero-order valence-corrected chi connectivity index (χ0v) is 13.4. The van der Waals surface area contributed by atoms with Crippen LogP contribution in [0.25, 0.3) is 0 Å². The van der Waals surface area contributed by atoms with Gasteiger partial charge in [0.15, 0.2) is 0 Å². The van der Waals surface area contributed by atoms with Gasteiger partial charge in [-0.2, -0.15) is 0 Å². The van der Waals surface area contributed by atoms with E-state index in [1.165, 1.54) is 10.5 Å². The molecule has 4 nitrogen and oxygen atoms in total. The summed E-state index contributed by atoms with van der Waals surface area (Å²) < 4.78 is 0. The maximum absolute atomic E-state index is 12.3. The first-order valence-electron chi connectivity index (χ1n) is 7.91. The Bertz CT molecular complexity index is 702. The van der Waals surface area contributed by atoms with Crippen LogP contribution in [-0.2, 0) is 0 Å². The monoisotopic (exact) mass is 308 g/mol. The molecule has 0 aliphatic carbocycles. The SMILES string of the molecule is CC[C@@H](C)c1ccc(NCN2C(=O)c3ccccc3C2=O)cc1. The van der Waals surface area contributed by atoms with Crippen LogP contribution in [0.5, 0.6) is 0 Å². The highest BCUT2D eigenvalue weighted by molar-refractivity contribution is 6.21. The first-order chi connectivity index (χ1) is 11.1. The number of amides is 2. The smallest absolute Gasteiger partial charge is 0.263 e. The minimum atomic E-state index is -0.241. The number of carbonyl (C=O) groups is 2. The van der Waals surface area contributed by atoms with Crippen LogP contribution in [0.1, 0.15) is 52.5 Å². The van der Waals surface area contributed by atoms with Crippen LogP contribution >= 0.6 is 0 Å². The lowest BCUT2D eigenvalue weighted by molar-refractivity contribution is 0.0666. The highest BCUT2D eigenvalue weighted by Crippen LogP contribution is 2.23. The van der Waals surface area contributed by atoms with E-state index in [9.17, 15) is 9.59 Å². The predicted octanol–water partition coefficient (Wildman–Crippen LogP) is 3.87. The van der Waals surface area contributed by atoms with Gasteiger partial charge in [0.1, 0.15) is 0 Å². The van der Waals surface area contributed by atoms with Gasteiger partial charge in [-0.3, -0.25) is 14.5 Å². The molecule has 0 bridgehead atoms. The maximum atomic E-state index is 12.3. The number of fused-ring (bicyclic) bond motifs is 1. The lowest BCUT2D eigenvalue weighted by Gasteiger charge is -2.16. The topological polar surface area (TPSA) is 49.4 Å². The first-order valence-corrected chi connectivity index (χ1v) is 7.91. The first kappa shape index (κ1) is 15.3. The molecule has 2 aromatic rings. The van der Waals surface area contributed by atoms with Gasteiger partial charge in [-0.25, -0.2) is 0 Å². The van der Waals surface area contributed by atoms with E-state index in [2.05, 4.69) is 31.3 Å². The van der Waals surface area contributed by atoms with Gasteiger partial charge >= 0.3 is 0 Å². The zero-order chi connectivity index (χ0) is 16.4. The normalized spacial score (nSPS) is 14.8. The molecule has 0 fully saturated rings. The van der Waals surface area contributed by atoms with Crippen molar-refractivity contribution in [2.24, 2.45) is 0 Å². The molecule has 1 heterocycles. The predicted molar refractivity (Wildman–Crippen MR) is 90.6 cm³/mol. The molecular weight excluding hydrogens is 288 g/mol. The van der Waals surface area contributed by atoms with Gasteiger partial charge in [-0.05, 0) is 42.2 Å². The van der Waals surface area contributed by atoms with Crippen molar-refractivity contribution in [1.29, 1.82) is 0 Å². The van der Waals surface area contributed by atoms with Crippen molar-refractivity contribution >= 4 is 17.5 Å². The Balaban J connectivity index is 1.68. The Labute approximate surface area is 136 Å². The van der Waals surface area contributed by atoms with E-state index in [1.54, 1.807) is 24.3 Å². The second-order valence-corrected chi connectivity index (χ2v) is 5.85. The van der Waals surface area contributed by atoms with Gasteiger partial charge in [-0.1, -0.05) is 38.1 Å². The molecule has 2 amide bonds. The van der Waals surface area contributed by atoms with E-state index in [0.29, 0.717) is 17.0 Å². The van der Waals surface area contributed by atoms with E-state index in [1.807, 2.05) is 12.1 Å². The van der Waals surface area contributed by atoms with Crippen LogP contribution in [0.2, 0.25) is 0 Å². The van der Waals surface area contributed by atoms with Crippen molar-refractivity contribution in [3.05, 3.63) is 65.2 Å². The molecule has 1 atom stereocenters. The Hall–Kier alpha value is -2.62. The number of carbonyl (C=O) groups excluding carboxylic acids is 2. The summed E-state index contributed by atoms with van der Waals surface area (Å²) in [6.45, 7) is 4.54. The average molecular weight is 308 g/mol. The molecular formula is C19H20N2O2. The third-order valence-corrected chi connectivity index (χ3v) is 4.41. The number of imide groups is 1. The van der Waals surface area contributed by atoms with Crippen LogP contribution in [-0.4, -0.2) is 23.4 Å². The minimum absolute atomic E-state index is 0.176. The minimum Gasteiger partial charge on any atom is -0.367 e. The second-order valence-electron chi connectivity index (χ2n) is 5.85. The van der Waals surface area contributed by atoms with Crippen LogP contribution in [0.4, 0.5) is 5.69 Å². The number of rotatable bonds is 5. The molecule has 0 unspecified atom stereocenters. The van der Waals surface area contributed by atoms with Gasteiger partial charge in [0.05, 0.1) is 17.8 Å². The largest absolute Gasteiger partial charge is 0.367 e. The summed E-state index contributed by atoms with van der Waals surface area (Å²) in [5.41, 5.74) is 3.14. The third-order valence-electron chi connectivity index (χ3n) is 4.41. The van der Waals surface area contributed by atoms with Crippen LogP contribution in [0, 0.1) is 0 Å². The number of hydrogen-bond acceptors (Lipinski definition) is 3. The Morgan fingerprint density at radius 1 is 0.957 bits per heavy atom. The number of benzene rings is 2.